The van der Waals surface area contributed by atoms with Crippen molar-refractivity contribution in [2.75, 3.05) is 40.5 Å². The third-order valence-corrected chi connectivity index (χ3v) is 5.85. The fourth-order valence-corrected chi connectivity index (χ4v) is 4.12. The highest BCUT2D eigenvalue weighted by Gasteiger charge is 2.23. The van der Waals surface area contributed by atoms with Gasteiger partial charge in [-0.1, -0.05) is 0 Å². The molecule has 1 fully saturated rings. The summed E-state index contributed by atoms with van der Waals surface area (Å²) in [6, 6.07) is 12.1. The van der Waals surface area contributed by atoms with Crippen molar-refractivity contribution in [3.8, 4) is 17.0 Å². The van der Waals surface area contributed by atoms with Gasteiger partial charge in [-0.3, -0.25) is 4.40 Å². The zero-order valence-electron chi connectivity index (χ0n) is 18.6. The summed E-state index contributed by atoms with van der Waals surface area (Å²) >= 11 is 0. The highest BCUT2D eigenvalue weighted by molar-refractivity contribution is 5.77. The van der Waals surface area contributed by atoms with Gasteiger partial charge in [-0.2, -0.15) is 0 Å². The van der Waals surface area contributed by atoms with E-state index in [-0.39, 0.29) is 0 Å². The van der Waals surface area contributed by atoms with Gasteiger partial charge in [0.05, 0.1) is 18.5 Å². The summed E-state index contributed by atoms with van der Waals surface area (Å²) in [5, 5.41) is 8.84. The highest BCUT2D eigenvalue weighted by Crippen LogP contribution is 2.28. The lowest BCUT2D eigenvalue weighted by Crippen LogP contribution is -2.16. The molecule has 0 unspecified atom stereocenters. The molecule has 1 saturated heterocycles. The van der Waals surface area contributed by atoms with Crippen molar-refractivity contribution in [1.82, 2.24) is 29.5 Å². The Morgan fingerprint density at radius 1 is 1.06 bits per heavy atom. The highest BCUT2D eigenvalue weighted by atomic mass is 16.5. The fraction of sp³-hybridized carbons (Fsp3) is 0.417. The number of benzene rings is 1. The van der Waals surface area contributed by atoms with Crippen LogP contribution < -0.4 is 4.74 Å². The molecular formula is C24H28N6O2. The van der Waals surface area contributed by atoms with E-state index in [1.54, 1.807) is 6.20 Å². The predicted octanol–water partition coefficient (Wildman–Crippen LogP) is 3.56. The fourth-order valence-electron chi connectivity index (χ4n) is 4.12. The van der Waals surface area contributed by atoms with Crippen LogP contribution in [0.4, 0.5) is 0 Å². The standard InChI is InChI=1S/C24H28N6O2/c1-29(2)12-3-13-32-19-6-4-17(5-7-19)20-8-9-21-24(26-20)30-22(16-25-21)27-28-23(30)18-10-14-31-15-11-18/h4-9,16,18H,3,10-15H2,1-2H3. The first-order valence-corrected chi connectivity index (χ1v) is 11.2. The molecule has 5 rings (SSSR count). The predicted molar refractivity (Wildman–Crippen MR) is 123 cm³/mol. The number of rotatable bonds is 7. The van der Waals surface area contributed by atoms with Gasteiger partial charge < -0.3 is 14.4 Å². The summed E-state index contributed by atoms with van der Waals surface area (Å²) < 4.78 is 13.4. The van der Waals surface area contributed by atoms with E-state index in [4.69, 9.17) is 14.5 Å². The summed E-state index contributed by atoms with van der Waals surface area (Å²) in [6.45, 7) is 3.23. The van der Waals surface area contributed by atoms with Crippen molar-refractivity contribution >= 4 is 16.8 Å². The average molecular weight is 433 g/mol. The quantitative estimate of drug-likeness (QED) is 0.413. The lowest BCUT2D eigenvalue weighted by Gasteiger charge is -2.20. The van der Waals surface area contributed by atoms with Crippen LogP contribution in [0.15, 0.2) is 42.6 Å². The van der Waals surface area contributed by atoms with E-state index in [9.17, 15) is 0 Å². The number of fused-ring (bicyclic) bond motifs is 3. The van der Waals surface area contributed by atoms with Gasteiger partial charge in [0.25, 0.3) is 0 Å². The van der Waals surface area contributed by atoms with E-state index < -0.39 is 0 Å². The molecule has 4 aromatic rings. The third kappa shape index (κ3) is 4.28. The molecule has 0 atom stereocenters. The van der Waals surface area contributed by atoms with Crippen LogP contribution in [0.5, 0.6) is 5.75 Å². The SMILES string of the molecule is CN(C)CCCOc1ccc(-c2ccc3ncc4nnc(C5CCOCC5)n4c3n2)cc1. The van der Waals surface area contributed by atoms with Crippen LogP contribution in [0.3, 0.4) is 0 Å². The summed E-state index contributed by atoms with van der Waals surface area (Å²) in [7, 11) is 4.14. The van der Waals surface area contributed by atoms with Crippen molar-refractivity contribution in [3.05, 3.63) is 48.4 Å². The first-order chi connectivity index (χ1) is 15.7. The lowest BCUT2D eigenvalue weighted by atomic mass is 9.99. The van der Waals surface area contributed by atoms with E-state index in [0.29, 0.717) is 12.5 Å². The van der Waals surface area contributed by atoms with Gasteiger partial charge in [0, 0.05) is 31.2 Å². The van der Waals surface area contributed by atoms with Gasteiger partial charge in [0.2, 0.25) is 0 Å². The van der Waals surface area contributed by atoms with Crippen molar-refractivity contribution in [3.63, 3.8) is 0 Å². The largest absolute Gasteiger partial charge is 0.494 e. The van der Waals surface area contributed by atoms with Gasteiger partial charge in [-0.15, -0.1) is 10.2 Å². The zero-order valence-corrected chi connectivity index (χ0v) is 18.6. The second-order valence-corrected chi connectivity index (χ2v) is 8.47. The molecule has 0 radical (unpaired) electrons. The van der Waals surface area contributed by atoms with E-state index >= 15 is 0 Å². The lowest BCUT2D eigenvalue weighted by molar-refractivity contribution is 0.0834. The molecule has 0 spiro atoms. The van der Waals surface area contributed by atoms with Crippen molar-refractivity contribution < 1.29 is 9.47 Å². The molecule has 0 N–H and O–H groups in total. The van der Waals surface area contributed by atoms with Crippen LogP contribution >= 0.6 is 0 Å². The molecule has 0 aliphatic carbocycles. The van der Waals surface area contributed by atoms with E-state index in [1.807, 2.05) is 24.3 Å². The van der Waals surface area contributed by atoms with Crippen LogP contribution in [-0.2, 0) is 4.74 Å². The monoisotopic (exact) mass is 432 g/mol. The third-order valence-electron chi connectivity index (χ3n) is 5.85. The normalized spacial score (nSPS) is 15.1. The summed E-state index contributed by atoms with van der Waals surface area (Å²) in [4.78, 5) is 11.7. The van der Waals surface area contributed by atoms with Crippen molar-refractivity contribution in [2.24, 2.45) is 0 Å². The van der Waals surface area contributed by atoms with Gasteiger partial charge in [0.1, 0.15) is 17.1 Å². The van der Waals surface area contributed by atoms with Crippen LogP contribution in [0.2, 0.25) is 0 Å². The van der Waals surface area contributed by atoms with Gasteiger partial charge in [-0.05, 0) is 69.8 Å². The topological polar surface area (TPSA) is 77.7 Å². The molecule has 0 amide bonds. The maximum Gasteiger partial charge on any atom is 0.181 e. The van der Waals surface area contributed by atoms with Crippen molar-refractivity contribution in [1.29, 1.82) is 0 Å². The first-order valence-electron chi connectivity index (χ1n) is 11.2. The van der Waals surface area contributed by atoms with Crippen LogP contribution in [0.25, 0.3) is 28.1 Å². The number of aromatic nitrogens is 5. The van der Waals surface area contributed by atoms with E-state index in [2.05, 4.69) is 50.7 Å². The Bertz CT molecular complexity index is 1200. The second kappa shape index (κ2) is 9.18. The van der Waals surface area contributed by atoms with Gasteiger partial charge in [-0.25, -0.2) is 9.97 Å². The van der Waals surface area contributed by atoms with Gasteiger partial charge in [0.15, 0.2) is 11.3 Å². The van der Waals surface area contributed by atoms with E-state index in [1.165, 1.54) is 0 Å². The average Bonchev–Trinajstić information content (AvgIpc) is 3.27. The Morgan fingerprint density at radius 3 is 2.66 bits per heavy atom. The summed E-state index contributed by atoms with van der Waals surface area (Å²) in [5.74, 6) is 2.14. The van der Waals surface area contributed by atoms with E-state index in [0.717, 1.165) is 78.7 Å². The molecule has 32 heavy (non-hydrogen) atoms. The number of ether oxygens (including phenoxy) is 2. The Labute approximate surface area is 187 Å². The second-order valence-electron chi connectivity index (χ2n) is 8.47. The molecule has 0 bridgehead atoms. The molecule has 0 saturated carbocycles. The number of nitrogens with zero attached hydrogens (tertiary/aromatic N) is 6. The molecule has 1 aromatic carbocycles. The molecule has 8 nitrogen and oxygen atoms in total. The minimum Gasteiger partial charge on any atom is -0.494 e. The zero-order chi connectivity index (χ0) is 21.9. The Kier molecular flexibility index (Phi) is 5.96. The number of hydrogen-bond donors (Lipinski definition) is 0. The molecule has 4 heterocycles. The van der Waals surface area contributed by atoms with Crippen LogP contribution in [0, 0.1) is 0 Å². The molecule has 3 aromatic heterocycles. The Morgan fingerprint density at radius 2 is 1.88 bits per heavy atom. The molecule has 8 heteroatoms. The molecule has 1 aliphatic heterocycles. The molecule has 1 aliphatic rings. The van der Waals surface area contributed by atoms with Crippen LogP contribution in [0.1, 0.15) is 31.0 Å². The molecular weight excluding hydrogens is 404 g/mol. The minimum atomic E-state index is 0.318. The number of pyridine rings is 1. The maximum atomic E-state index is 5.86. The first kappa shape index (κ1) is 20.8. The Hall–Kier alpha value is -3.10. The van der Waals surface area contributed by atoms with Crippen molar-refractivity contribution in [2.45, 2.75) is 25.2 Å². The maximum absolute atomic E-state index is 5.86. The molecule has 166 valence electrons. The Balaban J connectivity index is 1.43. The summed E-state index contributed by atoms with van der Waals surface area (Å²) in [5.41, 5.74) is 4.26. The van der Waals surface area contributed by atoms with Gasteiger partial charge >= 0.3 is 0 Å². The summed E-state index contributed by atoms with van der Waals surface area (Å²) in [6.07, 6.45) is 4.65. The number of hydrogen-bond acceptors (Lipinski definition) is 7. The minimum absolute atomic E-state index is 0.318. The smallest absolute Gasteiger partial charge is 0.181 e. The van der Waals surface area contributed by atoms with Crippen LogP contribution in [-0.4, -0.2) is 69.9 Å².